The van der Waals surface area contributed by atoms with Gasteiger partial charge in [0.1, 0.15) is 28.6 Å². The van der Waals surface area contributed by atoms with E-state index in [1.54, 1.807) is 30.3 Å². The summed E-state index contributed by atoms with van der Waals surface area (Å²) in [5.41, 5.74) is -0.870. The standard InChI is InChI=1S/C16H24O3.C13H24O2.C12H16O3/c1-7-16(5,6)14(18)19-11-8-9-13(17)12(10-11)15(2,3)4;1-5-12(3,4)11(14)15-13(6-2)9-7-8-10-13;1-4-12(2,3)11(14)15-10-7-5-9(13)6-8-10/h8-10,17H,7H2,1-6H3;5-10H2,1-4H3;5-8,13H,4H2,1-3H3. The quantitative estimate of drug-likeness (QED) is 0.187. The Hall–Kier alpha value is -3.55. The lowest BCUT2D eigenvalue weighted by Gasteiger charge is -2.32. The van der Waals surface area contributed by atoms with Crippen molar-refractivity contribution in [2.24, 2.45) is 16.2 Å². The van der Waals surface area contributed by atoms with Crippen LogP contribution in [0.15, 0.2) is 42.5 Å². The smallest absolute Gasteiger partial charge is 0.316 e. The van der Waals surface area contributed by atoms with Crippen molar-refractivity contribution in [2.45, 2.75) is 152 Å². The number of carbonyl (C=O) groups excluding carboxylic acids is 3. The predicted octanol–water partition coefficient (Wildman–Crippen LogP) is 10.5. The summed E-state index contributed by atoms with van der Waals surface area (Å²) in [5, 5.41) is 18.9. The Morgan fingerprint density at radius 2 is 1.04 bits per heavy atom. The second-order valence-electron chi connectivity index (χ2n) is 16.0. The maximum atomic E-state index is 12.0. The second-order valence-corrected chi connectivity index (χ2v) is 16.0. The molecule has 1 aliphatic rings. The van der Waals surface area contributed by atoms with E-state index >= 15 is 0 Å². The van der Waals surface area contributed by atoms with Crippen molar-refractivity contribution in [1.82, 2.24) is 0 Å². The van der Waals surface area contributed by atoms with Crippen LogP contribution < -0.4 is 9.47 Å². The molecule has 2 N–H and O–H groups in total. The largest absolute Gasteiger partial charge is 0.508 e. The SMILES string of the molecule is CCC(C)(C)C(=O)Oc1ccc(O)c(C(C)(C)C)c1.CCC(C)(C)C(=O)Oc1ccc(O)cc1.CCC1(OC(=O)C(C)(C)CC)CCCC1. The fraction of sp³-hybridized carbons (Fsp3) is 0.634. The van der Waals surface area contributed by atoms with Crippen LogP contribution in [0.2, 0.25) is 0 Å². The number of aromatic hydroxyl groups is 2. The third kappa shape index (κ3) is 13.4. The molecule has 0 bridgehead atoms. The van der Waals surface area contributed by atoms with Gasteiger partial charge in [0.25, 0.3) is 0 Å². The number of esters is 3. The number of rotatable bonds is 10. The van der Waals surface area contributed by atoms with Crippen molar-refractivity contribution in [3.63, 3.8) is 0 Å². The number of carbonyl (C=O) groups is 3. The monoisotopic (exact) mass is 684 g/mol. The molecule has 3 rings (SSSR count). The Labute approximate surface area is 295 Å². The van der Waals surface area contributed by atoms with Gasteiger partial charge in [-0.25, -0.2) is 0 Å². The Kier molecular flexibility index (Phi) is 15.9. The third-order valence-corrected chi connectivity index (χ3v) is 9.81. The Morgan fingerprint density at radius 1 is 0.633 bits per heavy atom. The number of ether oxygens (including phenoxy) is 3. The van der Waals surface area contributed by atoms with E-state index in [1.807, 2.05) is 83.1 Å². The van der Waals surface area contributed by atoms with Crippen LogP contribution >= 0.6 is 0 Å². The molecule has 8 nitrogen and oxygen atoms in total. The third-order valence-electron chi connectivity index (χ3n) is 9.81. The zero-order valence-corrected chi connectivity index (χ0v) is 32.5. The molecule has 2 aromatic rings. The van der Waals surface area contributed by atoms with E-state index in [0.29, 0.717) is 11.5 Å². The van der Waals surface area contributed by atoms with E-state index in [2.05, 4.69) is 6.92 Å². The van der Waals surface area contributed by atoms with Gasteiger partial charge < -0.3 is 24.4 Å². The van der Waals surface area contributed by atoms with E-state index in [1.165, 1.54) is 25.0 Å². The molecule has 0 aromatic heterocycles. The van der Waals surface area contributed by atoms with Gasteiger partial charge in [-0.1, -0.05) is 48.5 Å². The first-order valence-electron chi connectivity index (χ1n) is 17.8. The summed E-state index contributed by atoms with van der Waals surface area (Å²) < 4.78 is 16.4. The van der Waals surface area contributed by atoms with E-state index < -0.39 is 10.8 Å². The highest BCUT2D eigenvalue weighted by molar-refractivity contribution is 5.79. The van der Waals surface area contributed by atoms with Gasteiger partial charge in [0.15, 0.2) is 0 Å². The predicted molar refractivity (Wildman–Crippen MR) is 196 cm³/mol. The molecule has 0 aliphatic heterocycles. The zero-order chi connectivity index (χ0) is 37.8. The fourth-order valence-corrected chi connectivity index (χ4v) is 4.50. The topological polar surface area (TPSA) is 119 Å². The molecule has 1 fully saturated rings. The van der Waals surface area contributed by atoms with Gasteiger partial charge in [-0.2, -0.15) is 0 Å². The number of benzene rings is 2. The van der Waals surface area contributed by atoms with Gasteiger partial charge in [0.2, 0.25) is 0 Å². The lowest BCUT2D eigenvalue weighted by molar-refractivity contribution is -0.170. The molecule has 49 heavy (non-hydrogen) atoms. The molecule has 2 aromatic carbocycles. The first kappa shape index (κ1) is 43.5. The Balaban J connectivity index is 0.000000371. The van der Waals surface area contributed by atoms with Gasteiger partial charge in [0.05, 0.1) is 16.2 Å². The van der Waals surface area contributed by atoms with Crippen LogP contribution in [-0.4, -0.2) is 33.7 Å². The number of hydrogen-bond acceptors (Lipinski definition) is 8. The first-order valence-corrected chi connectivity index (χ1v) is 17.8. The van der Waals surface area contributed by atoms with Crippen LogP contribution in [0.25, 0.3) is 0 Å². The summed E-state index contributed by atoms with van der Waals surface area (Å²) in [6, 6.07) is 11.0. The van der Waals surface area contributed by atoms with Crippen LogP contribution in [0.1, 0.15) is 147 Å². The van der Waals surface area contributed by atoms with Crippen LogP contribution in [0, 0.1) is 16.2 Å². The number of phenolic OH excluding ortho intramolecular Hbond substituents is 2. The molecule has 1 saturated carbocycles. The molecule has 0 unspecified atom stereocenters. The summed E-state index contributed by atoms with van der Waals surface area (Å²) in [6.07, 6.45) is 7.75. The van der Waals surface area contributed by atoms with Crippen molar-refractivity contribution in [1.29, 1.82) is 0 Å². The van der Waals surface area contributed by atoms with Crippen molar-refractivity contribution >= 4 is 17.9 Å². The van der Waals surface area contributed by atoms with Crippen molar-refractivity contribution in [2.75, 3.05) is 0 Å². The number of phenols is 2. The van der Waals surface area contributed by atoms with E-state index in [-0.39, 0.29) is 45.8 Å². The second kappa shape index (κ2) is 17.9. The minimum absolute atomic E-state index is 0.0197. The minimum Gasteiger partial charge on any atom is -0.508 e. The van der Waals surface area contributed by atoms with E-state index in [0.717, 1.165) is 44.1 Å². The molecule has 276 valence electrons. The molecule has 0 saturated heterocycles. The molecule has 0 atom stereocenters. The van der Waals surface area contributed by atoms with E-state index in [4.69, 9.17) is 19.3 Å². The van der Waals surface area contributed by atoms with Crippen molar-refractivity contribution in [3.8, 4) is 23.0 Å². The van der Waals surface area contributed by atoms with Gasteiger partial charge in [-0.3, -0.25) is 14.4 Å². The summed E-state index contributed by atoms with van der Waals surface area (Å²) in [7, 11) is 0. The first-order chi connectivity index (χ1) is 22.5. The average Bonchev–Trinajstić information content (AvgIpc) is 3.51. The molecule has 0 radical (unpaired) electrons. The zero-order valence-electron chi connectivity index (χ0n) is 32.5. The molecule has 0 spiro atoms. The van der Waals surface area contributed by atoms with Gasteiger partial charge in [-0.15, -0.1) is 0 Å². The van der Waals surface area contributed by atoms with Gasteiger partial charge in [-0.05, 0) is 141 Å². The van der Waals surface area contributed by atoms with Crippen molar-refractivity contribution in [3.05, 3.63) is 48.0 Å². The highest BCUT2D eigenvalue weighted by Gasteiger charge is 2.39. The van der Waals surface area contributed by atoms with Crippen LogP contribution in [0.5, 0.6) is 23.0 Å². The highest BCUT2D eigenvalue weighted by atomic mass is 16.6. The van der Waals surface area contributed by atoms with Crippen LogP contribution in [0.3, 0.4) is 0 Å². The fourth-order valence-electron chi connectivity index (χ4n) is 4.50. The molecule has 8 heteroatoms. The summed E-state index contributed by atoms with van der Waals surface area (Å²) in [4.78, 5) is 35.7. The molecule has 1 aliphatic carbocycles. The molecule has 0 amide bonds. The van der Waals surface area contributed by atoms with Gasteiger partial charge in [0, 0.05) is 5.56 Å². The molecule has 0 heterocycles. The maximum absolute atomic E-state index is 12.0. The summed E-state index contributed by atoms with van der Waals surface area (Å²) in [5.74, 6) is 0.796. The summed E-state index contributed by atoms with van der Waals surface area (Å²) >= 11 is 0. The van der Waals surface area contributed by atoms with Crippen LogP contribution in [-0.2, 0) is 24.5 Å². The van der Waals surface area contributed by atoms with Gasteiger partial charge >= 0.3 is 17.9 Å². The summed E-state index contributed by atoms with van der Waals surface area (Å²) in [6.45, 7) is 25.4. The lowest BCUT2D eigenvalue weighted by Crippen LogP contribution is -2.37. The normalized spacial score (nSPS) is 14.4. The average molecular weight is 685 g/mol. The van der Waals surface area contributed by atoms with E-state index in [9.17, 15) is 19.5 Å². The Bertz CT molecular complexity index is 1360. The number of hydrogen-bond donors (Lipinski definition) is 2. The Morgan fingerprint density at radius 3 is 1.45 bits per heavy atom. The van der Waals surface area contributed by atoms with Crippen molar-refractivity contribution < 1.29 is 38.8 Å². The molecular formula is C41H64O8. The maximum Gasteiger partial charge on any atom is 0.316 e. The highest BCUT2D eigenvalue weighted by Crippen LogP contribution is 2.38. The molecular weight excluding hydrogens is 620 g/mol. The lowest BCUT2D eigenvalue weighted by atomic mass is 9.86. The minimum atomic E-state index is -0.500. The van der Waals surface area contributed by atoms with Crippen LogP contribution in [0.4, 0.5) is 0 Å².